The maximum Gasteiger partial charge on any atom is 0.135 e. The number of ketones is 1. The molecule has 0 spiro atoms. The number of likely N-dealkylation sites (tertiary alicyclic amines) is 1. The van der Waals surface area contributed by atoms with Crippen LogP contribution in [0.4, 0.5) is 0 Å². The third-order valence-corrected chi connectivity index (χ3v) is 3.12. The Morgan fingerprint density at radius 2 is 1.82 bits per heavy atom. The standard InChI is InChI=1S/C15H17NO/c1-2-6-15(13-7-4-3-5-8-13)16-11-9-14(17)10-12-16/h3-5,7-8,15H,9-12H2,1H3/t15-/m0/s1. The zero-order valence-corrected chi connectivity index (χ0v) is 10.1. The van der Waals surface area contributed by atoms with Crippen molar-refractivity contribution in [2.24, 2.45) is 0 Å². The normalized spacial score (nSPS) is 18.3. The molecule has 1 fully saturated rings. The van der Waals surface area contributed by atoms with Gasteiger partial charge >= 0.3 is 0 Å². The molecule has 1 aromatic rings. The van der Waals surface area contributed by atoms with E-state index >= 15 is 0 Å². The molecule has 1 atom stereocenters. The smallest absolute Gasteiger partial charge is 0.135 e. The monoisotopic (exact) mass is 227 g/mol. The van der Waals surface area contributed by atoms with E-state index < -0.39 is 0 Å². The van der Waals surface area contributed by atoms with Crippen LogP contribution in [0.2, 0.25) is 0 Å². The summed E-state index contributed by atoms with van der Waals surface area (Å²) in [6.45, 7) is 3.52. The molecule has 1 aliphatic heterocycles. The molecule has 0 aliphatic carbocycles. The van der Waals surface area contributed by atoms with Crippen LogP contribution in [-0.2, 0) is 4.79 Å². The quantitative estimate of drug-likeness (QED) is 0.723. The van der Waals surface area contributed by atoms with Gasteiger partial charge in [0.25, 0.3) is 0 Å². The van der Waals surface area contributed by atoms with Crippen LogP contribution in [-0.4, -0.2) is 23.8 Å². The maximum atomic E-state index is 11.3. The first-order valence-corrected chi connectivity index (χ1v) is 6.04. The lowest BCUT2D eigenvalue weighted by Crippen LogP contribution is -2.36. The molecule has 2 heteroatoms. The van der Waals surface area contributed by atoms with E-state index in [0.29, 0.717) is 18.6 Å². The van der Waals surface area contributed by atoms with Crippen molar-refractivity contribution in [3.05, 3.63) is 35.9 Å². The number of nitrogens with zero attached hydrogens (tertiary/aromatic N) is 1. The van der Waals surface area contributed by atoms with Crippen LogP contribution in [0.5, 0.6) is 0 Å². The number of piperidine rings is 1. The fourth-order valence-electron chi connectivity index (χ4n) is 2.19. The Morgan fingerprint density at radius 3 is 2.41 bits per heavy atom. The minimum absolute atomic E-state index is 0.134. The zero-order chi connectivity index (χ0) is 12.1. The van der Waals surface area contributed by atoms with Gasteiger partial charge in [-0.05, 0) is 12.5 Å². The van der Waals surface area contributed by atoms with Gasteiger partial charge in [-0.25, -0.2) is 0 Å². The van der Waals surface area contributed by atoms with E-state index in [1.54, 1.807) is 0 Å². The third kappa shape index (κ3) is 2.95. The summed E-state index contributed by atoms with van der Waals surface area (Å²) < 4.78 is 0. The molecule has 0 amide bonds. The Morgan fingerprint density at radius 1 is 1.18 bits per heavy atom. The molecule has 2 rings (SSSR count). The molecule has 1 saturated heterocycles. The molecule has 2 nitrogen and oxygen atoms in total. The highest BCUT2D eigenvalue weighted by Crippen LogP contribution is 2.22. The minimum Gasteiger partial charge on any atom is -0.300 e. The topological polar surface area (TPSA) is 20.3 Å². The van der Waals surface area contributed by atoms with Crippen molar-refractivity contribution in [2.45, 2.75) is 25.8 Å². The van der Waals surface area contributed by atoms with Crippen molar-refractivity contribution in [1.29, 1.82) is 0 Å². The summed E-state index contributed by atoms with van der Waals surface area (Å²) in [5.41, 5.74) is 1.22. The van der Waals surface area contributed by atoms with E-state index in [9.17, 15) is 4.79 Å². The van der Waals surface area contributed by atoms with Gasteiger partial charge in [-0.3, -0.25) is 9.69 Å². The van der Waals surface area contributed by atoms with Gasteiger partial charge in [-0.15, -0.1) is 5.92 Å². The van der Waals surface area contributed by atoms with Crippen LogP contribution in [0.3, 0.4) is 0 Å². The summed E-state index contributed by atoms with van der Waals surface area (Å²) in [4.78, 5) is 13.6. The Hall–Kier alpha value is -1.59. The Labute approximate surface area is 103 Å². The summed E-state index contributed by atoms with van der Waals surface area (Å²) in [5.74, 6) is 6.62. The molecule has 17 heavy (non-hydrogen) atoms. The molecule has 1 aliphatic rings. The number of hydrogen-bond donors (Lipinski definition) is 0. The zero-order valence-electron chi connectivity index (χ0n) is 10.1. The van der Waals surface area contributed by atoms with Crippen LogP contribution in [0, 0.1) is 11.8 Å². The van der Waals surface area contributed by atoms with Crippen molar-refractivity contribution in [1.82, 2.24) is 4.90 Å². The lowest BCUT2D eigenvalue weighted by Gasteiger charge is -2.31. The highest BCUT2D eigenvalue weighted by atomic mass is 16.1. The molecule has 0 bridgehead atoms. The summed E-state index contributed by atoms with van der Waals surface area (Å²) in [6.07, 6.45) is 1.32. The second-order valence-corrected chi connectivity index (χ2v) is 4.28. The molecule has 0 aromatic heterocycles. The van der Waals surface area contributed by atoms with Crippen LogP contribution >= 0.6 is 0 Å². The first-order chi connectivity index (χ1) is 8.31. The number of Topliss-reactive ketones (excluding diaryl/α,β-unsaturated/α-hetero) is 1. The molecular formula is C15H17NO. The second kappa shape index (κ2) is 5.65. The Balaban J connectivity index is 2.17. The Kier molecular flexibility index (Phi) is 3.95. The number of carbonyl (C=O) groups excluding carboxylic acids is 1. The van der Waals surface area contributed by atoms with Gasteiger partial charge in [0.1, 0.15) is 5.78 Å². The van der Waals surface area contributed by atoms with Crippen molar-refractivity contribution in [3.63, 3.8) is 0 Å². The average molecular weight is 227 g/mol. The molecule has 0 N–H and O–H groups in total. The summed E-state index contributed by atoms with van der Waals surface area (Å²) in [5, 5.41) is 0. The lowest BCUT2D eigenvalue weighted by molar-refractivity contribution is -0.121. The number of rotatable bonds is 2. The predicted molar refractivity (Wildman–Crippen MR) is 68.4 cm³/mol. The van der Waals surface area contributed by atoms with Crippen LogP contribution in [0.25, 0.3) is 0 Å². The Bertz CT molecular complexity index is 431. The van der Waals surface area contributed by atoms with Gasteiger partial charge in [-0.1, -0.05) is 36.3 Å². The third-order valence-electron chi connectivity index (χ3n) is 3.12. The largest absolute Gasteiger partial charge is 0.300 e. The van der Waals surface area contributed by atoms with Gasteiger partial charge < -0.3 is 0 Å². The van der Waals surface area contributed by atoms with Crippen LogP contribution < -0.4 is 0 Å². The van der Waals surface area contributed by atoms with Crippen molar-refractivity contribution in [3.8, 4) is 11.8 Å². The maximum absolute atomic E-state index is 11.3. The van der Waals surface area contributed by atoms with E-state index in [4.69, 9.17) is 0 Å². The van der Waals surface area contributed by atoms with Crippen molar-refractivity contribution < 1.29 is 4.79 Å². The summed E-state index contributed by atoms with van der Waals surface area (Å²) in [7, 11) is 0. The molecule has 0 unspecified atom stereocenters. The molecule has 0 saturated carbocycles. The van der Waals surface area contributed by atoms with Gasteiger partial charge in [0.2, 0.25) is 0 Å². The van der Waals surface area contributed by atoms with E-state index in [1.807, 2.05) is 25.1 Å². The average Bonchev–Trinajstić information content (AvgIpc) is 2.38. The molecule has 1 heterocycles. The highest BCUT2D eigenvalue weighted by Gasteiger charge is 2.23. The van der Waals surface area contributed by atoms with E-state index in [2.05, 4.69) is 28.9 Å². The SMILES string of the molecule is CC#C[C@@H](c1ccccc1)N1CCC(=O)CC1. The first-order valence-electron chi connectivity index (χ1n) is 6.04. The number of benzene rings is 1. The second-order valence-electron chi connectivity index (χ2n) is 4.28. The van der Waals surface area contributed by atoms with Gasteiger partial charge in [0.15, 0.2) is 0 Å². The first kappa shape index (κ1) is 11.9. The molecule has 1 aromatic carbocycles. The fourth-order valence-corrected chi connectivity index (χ4v) is 2.19. The van der Waals surface area contributed by atoms with Crippen molar-refractivity contribution >= 4 is 5.78 Å². The lowest BCUT2D eigenvalue weighted by atomic mass is 10.0. The molecular weight excluding hydrogens is 210 g/mol. The number of hydrogen-bond acceptors (Lipinski definition) is 2. The summed E-state index contributed by atoms with van der Waals surface area (Å²) in [6, 6.07) is 10.4. The van der Waals surface area contributed by atoms with E-state index in [-0.39, 0.29) is 6.04 Å². The molecule has 88 valence electrons. The minimum atomic E-state index is 0.134. The number of carbonyl (C=O) groups is 1. The van der Waals surface area contributed by atoms with Crippen LogP contribution in [0.1, 0.15) is 31.4 Å². The van der Waals surface area contributed by atoms with Crippen molar-refractivity contribution in [2.75, 3.05) is 13.1 Å². The summed E-state index contributed by atoms with van der Waals surface area (Å²) >= 11 is 0. The van der Waals surface area contributed by atoms with Gasteiger partial charge in [0, 0.05) is 25.9 Å². The van der Waals surface area contributed by atoms with Gasteiger partial charge in [-0.2, -0.15) is 0 Å². The van der Waals surface area contributed by atoms with E-state index in [0.717, 1.165) is 13.1 Å². The van der Waals surface area contributed by atoms with Crippen LogP contribution in [0.15, 0.2) is 30.3 Å². The molecule has 0 radical (unpaired) electrons. The van der Waals surface area contributed by atoms with E-state index in [1.165, 1.54) is 5.56 Å². The highest BCUT2D eigenvalue weighted by molar-refractivity contribution is 5.79. The fraction of sp³-hybridized carbons (Fsp3) is 0.400. The predicted octanol–water partition coefficient (Wildman–Crippen LogP) is 2.42. The van der Waals surface area contributed by atoms with Gasteiger partial charge in [0.05, 0.1) is 6.04 Å².